The van der Waals surface area contributed by atoms with Crippen LogP contribution in [0.25, 0.3) is 0 Å². The first-order valence-corrected chi connectivity index (χ1v) is 10.9. The van der Waals surface area contributed by atoms with Gasteiger partial charge in [0.25, 0.3) is 0 Å². The lowest BCUT2D eigenvalue weighted by Gasteiger charge is -2.24. The first-order chi connectivity index (χ1) is 12.6. The van der Waals surface area contributed by atoms with E-state index >= 15 is 0 Å². The van der Waals surface area contributed by atoms with Gasteiger partial charge in [0.15, 0.2) is 0 Å². The molecule has 0 heterocycles. The fourth-order valence-corrected chi connectivity index (χ4v) is 3.84. The summed E-state index contributed by atoms with van der Waals surface area (Å²) in [7, 11) is -3.64. The van der Waals surface area contributed by atoms with Gasteiger partial charge in [-0.2, -0.15) is 0 Å². The molecular weight excluding hydrogens is 384 g/mol. The number of amides is 1. The van der Waals surface area contributed by atoms with Crippen LogP contribution in [0, 0.1) is 13.8 Å². The Morgan fingerprint density at radius 2 is 1.85 bits per heavy atom. The molecule has 1 N–H and O–H groups in total. The van der Waals surface area contributed by atoms with E-state index in [0.29, 0.717) is 17.1 Å². The van der Waals surface area contributed by atoms with Gasteiger partial charge in [0.05, 0.1) is 18.0 Å². The maximum atomic E-state index is 12.6. The summed E-state index contributed by atoms with van der Waals surface area (Å²) in [5.41, 5.74) is 3.70. The number of nitrogens with one attached hydrogen (secondary N) is 1. The van der Waals surface area contributed by atoms with Crippen molar-refractivity contribution in [3.63, 3.8) is 0 Å². The zero-order valence-electron chi connectivity index (χ0n) is 16.0. The Balaban J connectivity index is 2.20. The largest absolute Gasteiger partial charge is 0.348 e. The molecule has 5 nitrogen and oxygen atoms in total. The zero-order chi connectivity index (χ0) is 20.2. The van der Waals surface area contributed by atoms with Crippen molar-refractivity contribution in [3.05, 3.63) is 64.2 Å². The van der Waals surface area contributed by atoms with E-state index in [1.54, 1.807) is 18.2 Å². The first kappa shape index (κ1) is 21.3. The summed E-state index contributed by atoms with van der Waals surface area (Å²) in [6.07, 6.45) is 1.77. The van der Waals surface area contributed by atoms with E-state index in [-0.39, 0.29) is 18.5 Å². The minimum atomic E-state index is -3.64. The molecule has 1 atom stereocenters. The topological polar surface area (TPSA) is 66.5 Å². The van der Waals surface area contributed by atoms with Gasteiger partial charge < -0.3 is 5.32 Å². The van der Waals surface area contributed by atoms with Crippen molar-refractivity contribution in [1.29, 1.82) is 0 Å². The Labute approximate surface area is 166 Å². The second kappa shape index (κ2) is 8.76. The molecule has 2 aromatic carbocycles. The van der Waals surface area contributed by atoms with Gasteiger partial charge in [0, 0.05) is 5.02 Å². The van der Waals surface area contributed by atoms with Gasteiger partial charge in [0.1, 0.15) is 6.54 Å². The number of hydrogen-bond donors (Lipinski definition) is 1. The quantitative estimate of drug-likeness (QED) is 0.753. The molecule has 0 saturated carbocycles. The highest BCUT2D eigenvalue weighted by atomic mass is 35.5. The molecule has 0 unspecified atom stereocenters. The van der Waals surface area contributed by atoms with Crippen LogP contribution in [-0.4, -0.2) is 27.1 Å². The molecule has 1 amide bonds. The van der Waals surface area contributed by atoms with Crippen molar-refractivity contribution >= 4 is 33.2 Å². The molecule has 0 fully saturated rings. The Kier molecular flexibility index (Phi) is 6.89. The lowest BCUT2D eigenvalue weighted by Crippen LogP contribution is -2.41. The van der Waals surface area contributed by atoms with Gasteiger partial charge >= 0.3 is 0 Å². The van der Waals surface area contributed by atoms with Crippen LogP contribution in [0.5, 0.6) is 0 Å². The van der Waals surface area contributed by atoms with Crippen molar-refractivity contribution in [1.82, 2.24) is 5.32 Å². The number of benzene rings is 2. The second-order valence-electron chi connectivity index (χ2n) is 6.62. The highest BCUT2D eigenvalue weighted by Gasteiger charge is 2.22. The van der Waals surface area contributed by atoms with Crippen LogP contribution in [0.4, 0.5) is 5.69 Å². The second-order valence-corrected chi connectivity index (χ2v) is 8.96. The summed E-state index contributed by atoms with van der Waals surface area (Å²) in [6.45, 7) is 5.73. The number of anilines is 1. The number of carbonyl (C=O) groups excluding carboxylic acids is 1. The third kappa shape index (κ3) is 5.71. The monoisotopic (exact) mass is 408 g/mol. The molecule has 0 aromatic heterocycles. The molecule has 0 aliphatic heterocycles. The third-order valence-electron chi connectivity index (χ3n) is 4.46. The molecular formula is C20H25ClN2O3S. The van der Waals surface area contributed by atoms with Gasteiger partial charge in [-0.05, 0) is 55.2 Å². The smallest absolute Gasteiger partial charge is 0.241 e. The lowest BCUT2D eigenvalue weighted by molar-refractivity contribution is -0.120. The third-order valence-corrected chi connectivity index (χ3v) is 5.84. The van der Waals surface area contributed by atoms with E-state index in [0.717, 1.165) is 21.7 Å². The molecule has 0 aliphatic rings. The van der Waals surface area contributed by atoms with Crippen molar-refractivity contribution in [2.45, 2.75) is 33.2 Å². The van der Waals surface area contributed by atoms with Crippen LogP contribution in [-0.2, 0) is 14.8 Å². The van der Waals surface area contributed by atoms with Crippen molar-refractivity contribution in [3.8, 4) is 0 Å². The number of hydrogen-bond acceptors (Lipinski definition) is 3. The van der Waals surface area contributed by atoms with E-state index < -0.39 is 10.0 Å². The van der Waals surface area contributed by atoms with E-state index in [1.165, 1.54) is 11.6 Å². The Morgan fingerprint density at radius 1 is 1.15 bits per heavy atom. The maximum Gasteiger partial charge on any atom is 0.241 e. The highest BCUT2D eigenvalue weighted by molar-refractivity contribution is 7.92. The van der Waals surface area contributed by atoms with Gasteiger partial charge in [-0.25, -0.2) is 8.42 Å². The highest BCUT2D eigenvalue weighted by Crippen LogP contribution is 2.23. The van der Waals surface area contributed by atoms with Crippen LogP contribution in [0.15, 0.2) is 42.5 Å². The number of sulfonamides is 1. The van der Waals surface area contributed by atoms with Crippen LogP contribution in [0.1, 0.15) is 36.1 Å². The SMILES string of the molecule is CC[C@H](NC(=O)CN(c1cccc(Cl)c1)S(C)(=O)=O)c1ccc(C)c(C)c1. The zero-order valence-corrected chi connectivity index (χ0v) is 17.6. The minimum Gasteiger partial charge on any atom is -0.348 e. The molecule has 146 valence electrons. The van der Waals surface area contributed by atoms with Gasteiger partial charge in [-0.3, -0.25) is 9.10 Å². The van der Waals surface area contributed by atoms with E-state index in [9.17, 15) is 13.2 Å². The van der Waals surface area contributed by atoms with Crippen LogP contribution in [0.3, 0.4) is 0 Å². The molecule has 0 spiro atoms. The van der Waals surface area contributed by atoms with E-state index in [4.69, 9.17) is 11.6 Å². The summed E-state index contributed by atoms with van der Waals surface area (Å²) < 4.78 is 25.4. The average molecular weight is 409 g/mol. The van der Waals surface area contributed by atoms with Crippen molar-refractivity contribution in [2.75, 3.05) is 17.1 Å². The predicted octanol–water partition coefficient (Wildman–Crippen LogP) is 3.99. The van der Waals surface area contributed by atoms with Gasteiger partial charge in [-0.1, -0.05) is 42.8 Å². The lowest BCUT2D eigenvalue weighted by atomic mass is 9.99. The number of halogens is 1. The van der Waals surface area contributed by atoms with Crippen molar-refractivity contribution in [2.24, 2.45) is 0 Å². The summed E-state index contributed by atoms with van der Waals surface area (Å²) in [5, 5.41) is 3.34. The standard InChI is InChI=1S/C20H25ClN2O3S/c1-5-19(16-10-9-14(2)15(3)11-16)22-20(24)13-23(27(4,25)26)18-8-6-7-17(21)12-18/h6-12,19H,5,13H2,1-4H3,(H,22,24)/t19-/m0/s1. The van der Waals surface area contributed by atoms with Gasteiger partial charge in [0.2, 0.25) is 15.9 Å². The minimum absolute atomic E-state index is 0.183. The van der Waals surface area contributed by atoms with Crippen LogP contribution in [0.2, 0.25) is 5.02 Å². The number of carbonyl (C=O) groups is 1. The number of aryl methyl sites for hydroxylation is 2. The number of nitrogens with zero attached hydrogens (tertiary/aromatic N) is 1. The van der Waals surface area contributed by atoms with Crippen LogP contribution >= 0.6 is 11.6 Å². The van der Waals surface area contributed by atoms with Crippen LogP contribution < -0.4 is 9.62 Å². The molecule has 2 aromatic rings. The predicted molar refractivity (Wildman–Crippen MR) is 111 cm³/mol. The maximum absolute atomic E-state index is 12.6. The molecule has 0 radical (unpaired) electrons. The summed E-state index contributed by atoms with van der Waals surface area (Å²) >= 11 is 5.97. The van der Waals surface area contributed by atoms with E-state index in [1.807, 2.05) is 32.9 Å². The molecule has 0 aliphatic carbocycles. The van der Waals surface area contributed by atoms with E-state index in [2.05, 4.69) is 11.4 Å². The molecule has 27 heavy (non-hydrogen) atoms. The summed E-state index contributed by atoms with van der Waals surface area (Å²) in [4.78, 5) is 12.6. The fraction of sp³-hybridized carbons (Fsp3) is 0.350. The fourth-order valence-electron chi connectivity index (χ4n) is 2.80. The molecule has 2 rings (SSSR count). The Morgan fingerprint density at radius 3 is 2.41 bits per heavy atom. The van der Waals surface area contributed by atoms with Gasteiger partial charge in [-0.15, -0.1) is 0 Å². The Hall–Kier alpha value is -2.05. The summed E-state index contributed by atoms with van der Waals surface area (Å²) in [5.74, 6) is -0.370. The molecule has 0 bridgehead atoms. The Bertz CT molecular complexity index is 929. The summed E-state index contributed by atoms with van der Waals surface area (Å²) in [6, 6.07) is 12.3. The average Bonchev–Trinajstić information content (AvgIpc) is 2.59. The number of rotatable bonds is 7. The van der Waals surface area contributed by atoms with Crippen molar-refractivity contribution < 1.29 is 13.2 Å². The normalized spacial score (nSPS) is 12.5. The molecule has 7 heteroatoms. The molecule has 0 saturated heterocycles. The first-order valence-electron chi connectivity index (χ1n) is 8.71.